The van der Waals surface area contributed by atoms with Crippen LogP contribution >= 0.6 is 0 Å². The molecule has 0 spiro atoms. The van der Waals surface area contributed by atoms with Crippen molar-refractivity contribution in [1.82, 2.24) is 0 Å². The molecule has 0 aliphatic heterocycles. The highest BCUT2D eigenvalue weighted by Gasteiger charge is 1.96. The highest BCUT2D eigenvalue weighted by molar-refractivity contribution is 5.16. The van der Waals surface area contributed by atoms with Gasteiger partial charge in [-0.15, -0.1) is 0 Å². The Morgan fingerprint density at radius 3 is 2.18 bits per heavy atom. The van der Waals surface area contributed by atoms with Crippen molar-refractivity contribution in [2.24, 2.45) is 11.5 Å². The Morgan fingerprint density at radius 2 is 1.73 bits per heavy atom. The van der Waals surface area contributed by atoms with Gasteiger partial charge in [-0.25, -0.2) is 4.39 Å². The molecular formula is C8H11FN2. The summed E-state index contributed by atoms with van der Waals surface area (Å²) < 4.78 is 12.4. The fourth-order valence-corrected chi connectivity index (χ4v) is 0.893. The summed E-state index contributed by atoms with van der Waals surface area (Å²) in [6.45, 7) is 0. The molecule has 0 saturated carbocycles. The topological polar surface area (TPSA) is 52.0 Å². The van der Waals surface area contributed by atoms with Gasteiger partial charge in [-0.3, -0.25) is 0 Å². The van der Waals surface area contributed by atoms with Crippen molar-refractivity contribution in [3.8, 4) is 0 Å². The third-order valence-electron chi connectivity index (χ3n) is 1.38. The molecule has 3 heteroatoms. The minimum absolute atomic E-state index is 0.237. The van der Waals surface area contributed by atoms with E-state index in [1.807, 2.05) is 0 Å². The van der Waals surface area contributed by atoms with Crippen molar-refractivity contribution < 1.29 is 4.39 Å². The average Bonchev–Trinajstić information content (AvgIpc) is 1.93. The van der Waals surface area contributed by atoms with Crippen LogP contribution in [-0.2, 0) is 6.42 Å². The Hall–Kier alpha value is -0.930. The second-order valence-electron chi connectivity index (χ2n) is 2.49. The van der Waals surface area contributed by atoms with Crippen molar-refractivity contribution in [2.75, 3.05) is 0 Å². The molecule has 0 amide bonds. The summed E-state index contributed by atoms with van der Waals surface area (Å²) in [6.07, 6.45) is 0.223. The van der Waals surface area contributed by atoms with Gasteiger partial charge in [-0.1, -0.05) is 12.1 Å². The van der Waals surface area contributed by atoms with E-state index in [9.17, 15) is 4.39 Å². The van der Waals surface area contributed by atoms with Crippen molar-refractivity contribution >= 4 is 0 Å². The van der Waals surface area contributed by atoms with Crippen molar-refractivity contribution in [3.63, 3.8) is 0 Å². The predicted octanol–water partition coefficient (Wildman–Crippen LogP) is 0.612. The van der Waals surface area contributed by atoms with Gasteiger partial charge in [0.1, 0.15) is 5.82 Å². The van der Waals surface area contributed by atoms with Crippen LogP contribution in [0.2, 0.25) is 0 Å². The van der Waals surface area contributed by atoms with Crippen LogP contribution < -0.4 is 11.5 Å². The Morgan fingerprint density at radius 1 is 1.18 bits per heavy atom. The maximum Gasteiger partial charge on any atom is 0.123 e. The van der Waals surface area contributed by atoms with Gasteiger partial charge in [0.2, 0.25) is 0 Å². The molecule has 1 aromatic rings. The van der Waals surface area contributed by atoms with Crippen LogP contribution in [-0.4, -0.2) is 6.17 Å². The average molecular weight is 154 g/mol. The lowest BCUT2D eigenvalue weighted by Crippen LogP contribution is -2.32. The van der Waals surface area contributed by atoms with Gasteiger partial charge in [0.15, 0.2) is 0 Å². The van der Waals surface area contributed by atoms with E-state index >= 15 is 0 Å². The Balaban J connectivity index is 2.66. The normalized spacial score (nSPS) is 10.5. The number of benzene rings is 1. The van der Waals surface area contributed by atoms with Gasteiger partial charge in [0.25, 0.3) is 0 Å². The first-order chi connectivity index (χ1) is 5.18. The molecule has 2 nitrogen and oxygen atoms in total. The third kappa shape index (κ3) is 2.65. The smallest absolute Gasteiger partial charge is 0.123 e. The van der Waals surface area contributed by atoms with E-state index in [4.69, 9.17) is 11.5 Å². The van der Waals surface area contributed by atoms with Gasteiger partial charge in [-0.05, 0) is 17.7 Å². The molecule has 11 heavy (non-hydrogen) atoms. The van der Waals surface area contributed by atoms with Gasteiger partial charge >= 0.3 is 0 Å². The monoisotopic (exact) mass is 154 g/mol. The number of hydrogen-bond acceptors (Lipinski definition) is 2. The highest BCUT2D eigenvalue weighted by Crippen LogP contribution is 2.03. The molecule has 0 radical (unpaired) electrons. The molecule has 0 aromatic heterocycles. The Kier molecular flexibility index (Phi) is 2.57. The fraction of sp³-hybridized carbons (Fsp3) is 0.250. The van der Waals surface area contributed by atoms with Crippen LogP contribution in [0.5, 0.6) is 0 Å². The van der Waals surface area contributed by atoms with Gasteiger partial charge in [-0.2, -0.15) is 0 Å². The summed E-state index contributed by atoms with van der Waals surface area (Å²) in [4.78, 5) is 0. The van der Waals surface area contributed by atoms with Crippen LogP contribution in [0.4, 0.5) is 4.39 Å². The Bertz CT molecular complexity index is 218. The van der Waals surface area contributed by atoms with Crippen LogP contribution in [0, 0.1) is 5.82 Å². The molecule has 4 N–H and O–H groups in total. The molecule has 1 rings (SSSR count). The molecule has 0 heterocycles. The van der Waals surface area contributed by atoms with Gasteiger partial charge in [0, 0.05) is 6.42 Å². The van der Waals surface area contributed by atoms with E-state index in [0.29, 0.717) is 6.42 Å². The molecule has 1 aromatic carbocycles. The molecule has 0 aliphatic carbocycles. The maximum atomic E-state index is 12.4. The number of halogens is 1. The zero-order chi connectivity index (χ0) is 8.27. The molecule has 0 unspecified atom stereocenters. The molecule has 0 saturated heterocycles. The lowest BCUT2D eigenvalue weighted by Gasteiger charge is -2.03. The molecule has 0 atom stereocenters. The lowest BCUT2D eigenvalue weighted by molar-refractivity contribution is 0.625. The van der Waals surface area contributed by atoms with E-state index in [2.05, 4.69) is 0 Å². The SMILES string of the molecule is NC(N)Cc1ccc(F)cc1. The molecular weight excluding hydrogens is 143 g/mol. The number of nitrogens with two attached hydrogens (primary N) is 2. The first-order valence-corrected chi connectivity index (χ1v) is 3.44. The first kappa shape index (κ1) is 8.17. The summed E-state index contributed by atoms with van der Waals surface area (Å²) >= 11 is 0. The maximum absolute atomic E-state index is 12.4. The largest absolute Gasteiger partial charge is 0.316 e. The molecule has 60 valence electrons. The second kappa shape index (κ2) is 3.46. The predicted molar refractivity (Wildman–Crippen MR) is 42.3 cm³/mol. The van der Waals surface area contributed by atoms with E-state index in [1.54, 1.807) is 12.1 Å². The summed E-state index contributed by atoms with van der Waals surface area (Å²) in [5.74, 6) is -0.237. The zero-order valence-electron chi connectivity index (χ0n) is 6.13. The van der Waals surface area contributed by atoms with Crippen LogP contribution in [0.3, 0.4) is 0 Å². The lowest BCUT2D eigenvalue weighted by atomic mass is 10.1. The first-order valence-electron chi connectivity index (χ1n) is 3.44. The highest BCUT2D eigenvalue weighted by atomic mass is 19.1. The summed E-state index contributed by atoms with van der Waals surface area (Å²) in [6, 6.07) is 6.17. The molecule has 0 bridgehead atoms. The van der Waals surface area contributed by atoms with Crippen LogP contribution in [0.1, 0.15) is 5.56 Å². The Labute approximate surface area is 65.0 Å². The summed E-state index contributed by atoms with van der Waals surface area (Å²) in [7, 11) is 0. The van der Waals surface area contributed by atoms with E-state index in [1.165, 1.54) is 12.1 Å². The minimum Gasteiger partial charge on any atom is -0.316 e. The number of rotatable bonds is 2. The minimum atomic E-state index is -0.361. The standard InChI is InChI=1S/C8H11FN2/c9-7-3-1-6(2-4-7)5-8(10)11/h1-4,8H,5,10-11H2. The molecule has 0 aliphatic rings. The fourth-order valence-electron chi connectivity index (χ4n) is 0.893. The van der Waals surface area contributed by atoms with Gasteiger partial charge in [0.05, 0.1) is 6.17 Å². The van der Waals surface area contributed by atoms with E-state index < -0.39 is 0 Å². The van der Waals surface area contributed by atoms with Crippen molar-refractivity contribution in [3.05, 3.63) is 35.6 Å². The van der Waals surface area contributed by atoms with Crippen LogP contribution in [0.25, 0.3) is 0 Å². The third-order valence-corrected chi connectivity index (χ3v) is 1.38. The van der Waals surface area contributed by atoms with Gasteiger partial charge < -0.3 is 11.5 Å². The zero-order valence-corrected chi connectivity index (χ0v) is 6.13. The summed E-state index contributed by atoms with van der Waals surface area (Å²) in [5, 5.41) is 0. The van der Waals surface area contributed by atoms with Crippen molar-refractivity contribution in [2.45, 2.75) is 12.6 Å². The molecule has 0 fully saturated rings. The number of hydrogen-bond donors (Lipinski definition) is 2. The van der Waals surface area contributed by atoms with Crippen LogP contribution in [0.15, 0.2) is 24.3 Å². The van der Waals surface area contributed by atoms with Crippen molar-refractivity contribution in [1.29, 1.82) is 0 Å². The van der Waals surface area contributed by atoms with E-state index in [-0.39, 0.29) is 12.0 Å². The summed E-state index contributed by atoms with van der Waals surface area (Å²) in [5.41, 5.74) is 11.7. The second-order valence-corrected chi connectivity index (χ2v) is 2.49. The quantitative estimate of drug-likeness (QED) is 0.613. The van der Waals surface area contributed by atoms with E-state index in [0.717, 1.165) is 5.56 Å².